The van der Waals surface area contributed by atoms with Gasteiger partial charge in [-0.05, 0) is 44.7 Å². The number of aromatic nitrogens is 2. The zero-order valence-corrected chi connectivity index (χ0v) is 15.0. The lowest BCUT2D eigenvalue weighted by Gasteiger charge is -2.05. The first kappa shape index (κ1) is 18.2. The van der Waals surface area contributed by atoms with Crippen molar-refractivity contribution in [2.45, 2.75) is 57.5 Å². The van der Waals surface area contributed by atoms with E-state index in [1.54, 1.807) is 26.0 Å². The van der Waals surface area contributed by atoms with Gasteiger partial charge in [0, 0.05) is 18.9 Å². The Labute approximate surface area is 152 Å². The fourth-order valence-corrected chi connectivity index (χ4v) is 2.82. The van der Waals surface area contributed by atoms with E-state index in [0.29, 0.717) is 36.4 Å². The molecule has 0 radical (unpaired) electrons. The topological polar surface area (TPSA) is 101 Å². The van der Waals surface area contributed by atoms with E-state index in [1.807, 2.05) is 0 Å². The number of rotatable bonds is 5. The van der Waals surface area contributed by atoms with Crippen LogP contribution in [0.25, 0.3) is 0 Å². The molecule has 0 aliphatic heterocycles. The van der Waals surface area contributed by atoms with E-state index in [1.165, 1.54) is 12.8 Å². The second-order valence-corrected chi connectivity index (χ2v) is 7.01. The Morgan fingerprint density at radius 3 is 2.88 bits per heavy atom. The number of hydrogen-bond donors (Lipinski definition) is 2. The maximum absolute atomic E-state index is 12.1. The van der Waals surface area contributed by atoms with Gasteiger partial charge in [-0.25, -0.2) is 0 Å². The van der Waals surface area contributed by atoms with Crippen molar-refractivity contribution in [1.82, 2.24) is 15.5 Å². The second-order valence-electron chi connectivity index (χ2n) is 7.01. The van der Waals surface area contributed by atoms with Crippen LogP contribution in [0.15, 0.2) is 21.1 Å². The molecule has 0 bridgehead atoms. The maximum atomic E-state index is 12.1. The van der Waals surface area contributed by atoms with E-state index in [0.717, 1.165) is 12.8 Å². The third kappa shape index (κ3) is 4.96. The van der Waals surface area contributed by atoms with Gasteiger partial charge >= 0.3 is 0 Å². The van der Waals surface area contributed by atoms with Crippen molar-refractivity contribution < 1.29 is 18.8 Å². The van der Waals surface area contributed by atoms with E-state index < -0.39 is 5.60 Å². The van der Waals surface area contributed by atoms with Crippen LogP contribution in [0, 0.1) is 11.8 Å². The Morgan fingerprint density at radius 2 is 2.15 bits per heavy atom. The van der Waals surface area contributed by atoms with Gasteiger partial charge in [-0.1, -0.05) is 23.9 Å². The highest BCUT2D eigenvalue weighted by atomic mass is 16.5. The molecule has 0 saturated heterocycles. The van der Waals surface area contributed by atoms with E-state index in [-0.39, 0.29) is 11.7 Å². The van der Waals surface area contributed by atoms with Crippen molar-refractivity contribution >= 4 is 5.91 Å². The largest absolute Gasteiger partial charge is 0.443 e. The first-order chi connectivity index (χ1) is 12.4. The fourth-order valence-electron chi connectivity index (χ4n) is 2.82. The summed E-state index contributed by atoms with van der Waals surface area (Å²) in [6.45, 7) is 3.53. The monoisotopic (exact) mass is 357 g/mol. The molecule has 2 N–H and O–H groups in total. The van der Waals surface area contributed by atoms with Crippen LogP contribution >= 0.6 is 0 Å². The van der Waals surface area contributed by atoms with Gasteiger partial charge in [0.2, 0.25) is 5.89 Å². The summed E-state index contributed by atoms with van der Waals surface area (Å²) >= 11 is 0. The Bertz CT molecular complexity index is 814. The number of carbonyl (C=O) groups excluding carboxylic acids is 1. The molecule has 0 aromatic carbocycles. The van der Waals surface area contributed by atoms with Crippen LogP contribution in [0.5, 0.6) is 0 Å². The normalized spacial score (nSPS) is 14.9. The van der Waals surface area contributed by atoms with Crippen LogP contribution in [-0.4, -0.2) is 33.3 Å². The number of aliphatic hydroxyl groups is 1. The van der Waals surface area contributed by atoms with Gasteiger partial charge in [0.05, 0.1) is 0 Å². The Morgan fingerprint density at radius 1 is 1.38 bits per heavy atom. The van der Waals surface area contributed by atoms with Crippen LogP contribution in [0.2, 0.25) is 0 Å². The minimum absolute atomic E-state index is 0.171. The van der Waals surface area contributed by atoms with Crippen molar-refractivity contribution in [1.29, 1.82) is 0 Å². The number of furan rings is 1. The number of amides is 1. The summed E-state index contributed by atoms with van der Waals surface area (Å²) < 4.78 is 10.7. The fraction of sp³-hybridized carbons (Fsp3) is 0.526. The molecule has 138 valence electrons. The highest BCUT2D eigenvalue weighted by molar-refractivity contribution is 5.91. The SMILES string of the molecule is CC(C)(O)C#Cc1ccc(C(=O)NCCc2noc(C3CCCC3)n2)o1. The van der Waals surface area contributed by atoms with Crippen molar-refractivity contribution in [2.75, 3.05) is 6.54 Å². The summed E-state index contributed by atoms with van der Waals surface area (Å²) in [4.78, 5) is 16.5. The number of hydrogen-bond acceptors (Lipinski definition) is 6. The molecule has 0 unspecified atom stereocenters. The predicted octanol–water partition coefficient (Wildman–Crippen LogP) is 2.42. The number of carbonyl (C=O) groups is 1. The lowest BCUT2D eigenvalue weighted by molar-refractivity contribution is 0.0925. The van der Waals surface area contributed by atoms with Gasteiger partial charge in [-0.2, -0.15) is 4.98 Å². The minimum Gasteiger partial charge on any atom is -0.443 e. The molecule has 2 aromatic heterocycles. The van der Waals surface area contributed by atoms with E-state index in [2.05, 4.69) is 27.3 Å². The maximum Gasteiger partial charge on any atom is 0.287 e. The van der Waals surface area contributed by atoms with Crippen LogP contribution in [-0.2, 0) is 6.42 Å². The number of nitrogens with zero attached hydrogens (tertiary/aromatic N) is 2. The smallest absolute Gasteiger partial charge is 0.287 e. The van der Waals surface area contributed by atoms with Gasteiger partial charge in [0.25, 0.3) is 5.91 Å². The summed E-state index contributed by atoms with van der Waals surface area (Å²) in [6.07, 6.45) is 5.13. The average molecular weight is 357 g/mol. The first-order valence-electron chi connectivity index (χ1n) is 8.87. The summed E-state index contributed by atoms with van der Waals surface area (Å²) in [6, 6.07) is 3.15. The van der Waals surface area contributed by atoms with Crippen LogP contribution < -0.4 is 5.32 Å². The standard InChI is InChI=1S/C19H23N3O4/c1-19(2,24)11-9-14-7-8-15(25-14)17(23)20-12-10-16-21-18(26-22-16)13-5-3-4-6-13/h7-8,13,24H,3-6,10,12H2,1-2H3,(H,20,23). The van der Waals surface area contributed by atoms with Crippen molar-refractivity contribution in [2.24, 2.45) is 0 Å². The quantitative estimate of drug-likeness (QED) is 0.797. The third-order valence-corrected chi connectivity index (χ3v) is 4.14. The Balaban J connectivity index is 1.48. The lowest BCUT2D eigenvalue weighted by Crippen LogP contribution is -2.25. The molecule has 0 atom stereocenters. The highest BCUT2D eigenvalue weighted by Gasteiger charge is 2.22. The minimum atomic E-state index is -1.11. The molecule has 0 spiro atoms. The molecular formula is C19H23N3O4. The zero-order chi connectivity index (χ0) is 18.6. The third-order valence-electron chi connectivity index (χ3n) is 4.14. The summed E-state index contributed by atoms with van der Waals surface area (Å²) in [5.74, 6) is 7.19. The molecule has 1 aliphatic carbocycles. The summed E-state index contributed by atoms with van der Waals surface area (Å²) in [7, 11) is 0. The van der Waals surface area contributed by atoms with Gasteiger partial charge in [-0.3, -0.25) is 4.79 Å². The van der Waals surface area contributed by atoms with Gasteiger partial charge in [0.15, 0.2) is 17.3 Å². The van der Waals surface area contributed by atoms with Crippen LogP contribution in [0.1, 0.15) is 73.5 Å². The lowest BCUT2D eigenvalue weighted by atomic mass is 10.1. The van der Waals surface area contributed by atoms with E-state index in [4.69, 9.17) is 8.94 Å². The summed E-state index contributed by atoms with van der Waals surface area (Å²) in [5.41, 5.74) is -1.11. The molecule has 3 rings (SSSR count). The zero-order valence-electron chi connectivity index (χ0n) is 15.0. The van der Waals surface area contributed by atoms with E-state index >= 15 is 0 Å². The van der Waals surface area contributed by atoms with Crippen molar-refractivity contribution in [3.63, 3.8) is 0 Å². The van der Waals surface area contributed by atoms with Gasteiger partial charge in [-0.15, -0.1) is 0 Å². The molecule has 7 nitrogen and oxygen atoms in total. The van der Waals surface area contributed by atoms with Crippen LogP contribution in [0.3, 0.4) is 0 Å². The van der Waals surface area contributed by atoms with Gasteiger partial charge in [0.1, 0.15) is 5.60 Å². The van der Waals surface area contributed by atoms with Crippen LogP contribution in [0.4, 0.5) is 0 Å². The van der Waals surface area contributed by atoms with Crippen molar-refractivity contribution in [3.05, 3.63) is 35.4 Å². The molecule has 1 amide bonds. The molecule has 2 heterocycles. The molecule has 7 heteroatoms. The second kappa shape index (κ2) is 7.75. The Kier molecular flexibility index (Phi) is 5.43. The molecule has 1 aliphatic rings. The first-order valence-corrected chi connectivity index (χ1v) is 8.87. The molecule has 2 aromatic rings. The van der Waals surface area contributed by atoms with Gasteiger partial charge < -0.3 is 19.4 Å². The molecule has 26 heavy (non-hydrogen) atoms. The predicted molar refractivity (Wildman–Crippen MR) is 93.4 cm³/mol. The number of nitrogens with one attached hydrogen (secondary N) is 1. The molecule has 1 fully saturated rings. The Hall–Kier alpha value is -2.59. The molecule has 1 saturated carbocycles. The van der Waals surface area contributed by atoms with Crippen molar-refractivity contribution in [3.8, 4) is 11.8 Å². The molecular weight excluding hydrogens is 334 g/mol. The van der Waals surface area contributed by atoms with E-state index in [9.17, 15) is 9.90 Å². The average Bonchev–Trinajstić information content (AvgIpc) is 3.32. The summed E-state index contributed by atoms with van der Waals surface area (Å²) in [5, 5.41) is 16.3. The highest BCUT2D eigenvalue weighted by Crippen LogP contribution is 2.32.